The van der Waals surface area contributed by atoms with Crippen LogP contribution in [0.25, 0.3) is 0 Å². The van der Waals surface area contributed by atoms with Gasteiger partial charge in [-0.05, 0) is 13.5 Å². The molecular formula is C15H27N3O4. The van der Waals surface area contributed by atoms with Gasteiger partial charge in [0.15, 0.2) is 0 Å². The van der Waals surface area contributed by atoms with E-state index < -0.39 is 0 Å². The Labute approximate surface area is 131 Å². The molecule has 2 aliphatic heterocycles. The van der Waals surface area contributed by atoms with Gasteiger partial charge in [0.25, 0.3) is 0 Å². The largest absolute Gasteiger partial charge is 0.383 e. The molecule has 2 fully saturated rings. The summed E-state index contributed by atoms with van der Waals surface area (Å²) in [6.45, 7) is 5.31. The van der Waals surface area contributed by atoms with Crippen molar-refractivity contribution in [1.29, 1.82) is 0 Å². The summed E-state index contributed by atoms with van der Waals surface area (Å²) in [6.07, 6.45) is 1.46. The van der Waals surface area contributed by atoms with Gasteiger partial charge in [-0.3, -0.25) is 14.5 Å². The van der Waals surface area contributed by atoms with Crippen molar-refractivity contribution in [1.82, 2.24) is 15.1 Å². The molecule has 0 aromatic carbocycles. The molecule has 2 aliphatic rings. The Balaban J connectivity index is 1.79. The molecule has 2 rings (SSSR count). The molecule has 0 saturated carbocycles. The van der Waals surface area contributed by atoms with Crippen LogP contribution in [0.1, 0.15) is 19.8 Å². The quantitative estimate of drug-likeness (QED) is 0.667. The van der Waals surface area contributed by atoms with Crippen LogP contribution < -0.4 is 5.32 Å². The summed E-state index contributed by atoms with van der Waals surface area (Å²) in [4.78, 5) is 27.8. The molecule has 1 spiro atoms. The number of hydrogen-bond donors (Lipinski definition) is 1. The average Bonchev–Trinajstić information content (AvgIpc) is 2.44. The monoisotopic (exact) mass is 313 g/mol. The highest BCUT2D eigenvalue weighted by atomic mass is 16.5. The van der Waals surface area contributed by atoms with Gasteiger partial charge in [0.2, 0.25) is 11.8 Å². The first-order valence-corrected chi connectivity index (χ1v) is 7.90. The Morgan fingerprint density at radius 3 is 2.68 bits per heavy atom. The Bertz CT molecular complexity index is 410. The Kier molecular flexibility index (Phi) is 5.77. The summed E-state index contributed by atoms with van der Waals surface area (Å²) in [5.41, 5.74) is -0.290. The highest BCUT2D eigenvalue weighted by Crippen LogP contribution is 2.31. The Morgan fingerprint density at radius 2 is 2.09 bits per heavy atom. The Hall–Kier alpha value is -1.18. The normalized spacial score (nSPS) is 24.1. The molecule has 7 heteroatoms. The van der Waals surface area contributed by atoms with Crippen molar-refractivity contribution in [3.8, 4) is 0 Å². The molecule has 22 heavy (non-hydrogen) atoms. The van der Waals surface area contributed by atoms with Crippen LogP contribution in [0.4, 0.5) is 0 Å². The number of carbonyl (C=O) groups is 2. The van der Waals surface area contributed by atoms with Crippen molar-refractivity contribution in [3.05, 3.63) is 0 Å². The van der Waals surface area contributed by atoms with Crippen LogP contribution in [0.5, 0.6) is 0 Å². The minimum absolute atomic E-state index is 0.0346. The maximum absolute atomic E-state index is 12.1. The number of rotatable bonds is 6. The van der Waals surface area contributed by atoms with E-state index in [9.17, 15) is 9.59 Å². The molecule has 2 heterocycles. The van der Waals surface area contributed by atoms with Crippen LogP contribution in [-0.4, -0.2) is 86.8 Å². The van der Waals surface area contributed by atoms with Gasteiger partial charge in [0, 0.05) is 26.6 Å². The number of nitrogens with zero attached hydrogens (tertiary/aromatic N) is 2. The topological polar surface area (TPSA) is 71.1 Å². The lowest BCUT2D eigenvalue weighted by molar-refractivity contribution is -0.201. The molecule has 1 atom stereocenters. The average molecular weight is 313 g/mol. The van der Waals surface area contributed by atoms with E-state index >= 15 is 0 Å². The summed E-state index contributed by atoms with van der Waals surface area (Å²) in [5.74, 6) is 0.159. The predicted octanol–water partition coefficient (Wildman–Crippen LogP) is -0.539. The van der Waals surface area contributed by atoms with Crippen molar-refractivity contribution >= 4 is 11.8 Å². The van der Waals surface area contributed by atoms with Crippen LogP contribution in [0.2, 0.25) is 0 Å². The van der Waals surface area contributed by atoms with Gasteiger partial charge in [-0.25, -0.2) is 0 Å². The highest BCUT2D eigenvalue weighted by Gasteiger charge is 2.50. The molecule has 0 radical (unpaired) electrons. The van der Waals surface area contributed by atoms with E-state index in [2.05, 4.69) is 5.32 Å². The van der Waals surface area contributed by atoms with Gasteiger partial charge in [-0.1, -0.05) is 6.92 Å². The van der Waals surface area contributed by atoms with Crippen LogP contribution >= 0.6 is 0 Å². The van der Waals surface area contributed by atoms with Gasteiger partial charge < -0.3 is 19.7 Å². The van der Waals surface area contributed by atoms with Crippen molar-refractivity contribution in [2.45, 2.75) is 31.4 Å². The zero-order valence-corrected chi connectivity index (χ0v) is 13.8. The SMILES string of the molecule is CCCC(=O)N1CC2(C1)CN(C)C(C(=O)NCCOC)CO2. The van der Waals surface area contributed by atoms with Crippen LogP contribution in [-0.2, 0) is 19.1 Å². The fourth-order valence-corrected chi connectivity index (χ4v) is 3.05. The molecule has 1 unspecified atom stereocenters. The minimum Gasteiger partial charge on any atom is -0.383 e. The third kappa shape index (κ3) is 3.77. The van der Waals surface area contributed by atoms with E-state index in [1.54, 1.807) is 7.11 Å². The highest BCUT2D eigenvalue weighted by molar-refractivity contribution is 5.82. The molecule has 1 N–H and O–H groups in total. The first-order valence-electron chi connectivity index (χ1n) is 7.90. The number of carbonyl (C=O) groups excluding carboxylic acids is 2. The van der Waals surface area contributed by atoms with E-state index in [0.717, 1.165) is 6.42 Å². The van der Waals surface area contributed by atoms with Gasteiger partial charge in [0.05, 0.1) is 26.3 Å². The number of likely N-dealkylation sites (N-methyl/N-ethyl adjacent to an activating group) is 1. The summed E-state index contributed by atoms with van der Waals surface area (Å²) >= 11 is 0. The number of amides is 2. The first kappa shape index (κ1) is 17.2. The van der Waals surface area contributed by atoms with E-state index in [1.165, 1.54) is 0 Å². The zero-order chi connectivity index (χ0) is 16.2. The summed E-state index contributed by atoms with van der Waals surface area (Å²) in [7, 11) is 3.54. The predicted molar refractivity (Wildman–Crippen MR) is 81.5 cm³/mol. The number of methoxy groups -OCH3 is 1. The van der Waals surface area contributed by atoms with Gasteiger partial charge in [-0.15, -0.1) is 0 Å². The van der Waals surface area contributed by atoms with Crippen molar-refractivity contribution < 1.29 is 19.1 Å². The van der Waals surface area contributed by atoms with E-state index in [-0.39, 0.29) is 23.5 Å². The van der Waals surface area contributed by atoms with Crippen molar-refractivity contribution in [2.75, 3.05) is 53.6 Å². The summed E-state index contributed by atoms with van der Waals surface area (Å²) < 4.78 is 10.9. The number of hydrogen-bond acceptors (Lipinski definition) is 5. The van der Waals surface area contributed by atoms with Gasteiger partial charge in [0.1, 0.15) is 11.6 Å². The molecule has 2 saturated heterocycles. The minimum atomic E-state index is -0.290. The Morgan fingerprint density at radius 1 is 1.36 bits per heavy atom. The molecular weight excluding hydrogens is 286 g/mol. The standard InChI is InChI=1S/C15H27N3O4/c1-4-5-13(19)18-10-15(11-18)9-17(2)12(8-22-15)14(20)16-6-7-21-3/h12H,4-11H2,1-3H3,(H,16,20). The smallest absolute Gasteiger partial charge is 0.239 e. The van der Waals surface area contributed by atoms with Crippen molar-refractivity contribution in [3.63, 3.8) is 0 Å². The second-order valence-corrected chi connectivity index (χ2v) is 6.21. The lowest BCUT2D eigenvalue weighted by atomic mass is 9.90. The van der Waals surface area contributed by atoms with Crippen LogP contribution in [0.15, 0.2) is 0 Å². The third-order valence-electron chi connectivity index (χ3n) is 4.30. The maximum atomic E-state index is 12.1. The zero-order valence-electron chi connectivity index (χ0n) is 13.8. The molecule has 0 aliphatic carbocycles. The van der Waals surface area contributed by atoms with Crippen molar-refractivity contribution in [2.24, 2.45) is 0 Å². The lowest BCUT2D eigenvalue weighted by Gasteiger charge is -2.54. The van der Waals surface area contributed by atoms with E-state index in [0.29, 0.717) is 45.8 Å². The number of nitrogens with one attached hydrogen (secondary N) is 1. The second-order valence-electron chi connectivity index (χ2n) is 6.21. The first-order chi connectivity index (χ1) is 10.5. The van der Waals surface area contributed by atoms with Gasteiger partial charge >= 0.3 is 0 Å². The van der Waals surface area contributed by atoms with E-state index in [1.807, 2.05) is 23.8 Å². The van der Waals surface area contributed by atoms with Crippen LogP contribution in [0, 0.1) is 0 Å². The third-order valence-corrected chi connectivity index (χ3v) is 4.30. The summed E-state index contributed by atoms with van der Waals surface area (Å²) in [6, 6.07) is -0.275. The fourth-order valence-electron chi connectivity index (χ4n) is 3.05. The number of morpholine rings is 1. The molecule has 0 aromatic rings. The lowest BCUT2D eigenvalue weighted by Crippen LogP contribution is -2.73. The molecule has 0 aromatic heterocycles. The van der Waals surface area contributed by atoms with Crippen LogP contribution in [0.3, 0.4) is 0 Å². The molecule has 126 valence electrons. The molecule has 7 nitrogen and oxygen atoms in total. The number of likely N-dealkylation sites (tertiary alicyclic amines) is 1. The summed E-state index contributed by atoms with van der Waals surface area (Å²) in [5, 5.41) is 2.84. The number of ether oxygens (including phenoxy) is 2. The van der Waals surface area contributed by atoms with Gasteiger partial charge in [-0.2, -0.15) is 0 Å². The molecule has 2 amide bonds. The fraction of sp³-hybridized carbons (Fsp3) is 0.867. The van der Waals surface area contributed by atoms with E-state index in [4.69, 9.17) is 9.47 Å². The maximum Gasteiger partial charge on any atom is 0.239 e. The molecule has 0 bridgehead atoms. The second kappa shape index (κ2) is 7.39.